The molecule has 2 saturated heterocycles. The molecule has 2 fully saturated rings. The van der Waals surface area contributed by atoms with Crippen LogP contribution in [0.2, 0.25) is 0 Å². The molecular weight excluding hydrogens is 348 g/mol. The van der Waals surface area contributed by atoms with Gasteiger partial charge in [0.2, 0.25) is 5.91 Å². The van der Waals surface area contributed by atoms with Crippen LogP contribution in [0.3, 0.4) is 0 Å². The van der Waals surface area contributed by atoms with Crippen LogP contribution in [0.1, 0.15) is 30.4 Å². The average molecular weight is 379 g/mol. The quantitative estimate of drug-likeness (QED) is 0.889. The van der Waals surface area contributed by atoms with Crippen LogP contribution in [-0.2, 0) is 10.4 Å². The first-order valence-corrected chi connectivity index (χ1v) is 10.4. The third kappa shape index (κ3) is 3.59. The van der Waals surface area contributed by atoms with Gasteiger partial charge in [-0.1, -0.05) is 60.7 Å². The summed E-state index contributed by atoms with van der Waals surface area (Å²) in [5.41, 5.74) is 0.845. The molecule has 0 aliphatic carbocycles. The van der Waals surface area contributed by atoms with Crippen LogP contribution in [0.4, 0.5) is 0 Å². The molecule has 4 nitrogen and oxygen atoms in total. The largest absolute Gasteiger partial charge is 0.380 e. The van der Waals surface area contributed by atoms with E-state index in [1.165, 1.54) is 0 Å². The fourth-order valence-electron chi connectivity index (χ4n) is 4.94. The molecule has 1 amide bonds. The molecule has 4 rings (SSSR count). The number of piperidine rings is 1. The zero-order valence-electron chi connectivity index (χ0n) is 16.6. The second kappa shape index (κ2) is 8.06. The van der Waals surface area contributed by atoms with Gasteiger partial charge >= 0.3 is 0 Å². The highest BCUT2D eigenvalue weighted by Crippen LogP contribution is 2.42. The highest BCUT2D eigenvalue weighted by molar-refractivity contribution is 5.79. The SMILES string of the molecule is CN1CC[C@H](C(=O)N2CCC(C(O)(c3ccccc3)c3ccccc3)CC2)C1. The van der Waals surface area contributed by atoms with Crippen molar-refractivity contribution in [1.82, 2.24) is 9.80 Å². The maximum Gasteiger partial charge on any atom is 0.227 e. The third-order valence-electron chi connectivity index (χ3n) is 6.57. The summed E-state index contributed by atoms with van der Waals surface area (Å²) < 4.78 is 0. The minimum atomic E-state index is -1.02. The molecule has 0 bridgehead atoms. The van der Waals surface area contributed by atoms with Gasteiger partial charge in [-0.05, 0) is 49.9 Å². The fourth-order valence-corrected chi connectivity index (χ4v) is 4.94. The second-order valence-corrected chi connectivity index (χ2v) is 8.35. The van der Waals surface area contributed by atoms with Crippen molar-refractivity contribution < 1.29 is 9.90 Å². The summed E-state index contributed by atoms with van der Waals surface area (Å²) >= 11 is 0. The van der Waals surface area contributed by atoms with E-state index in [-0.39, 0.29) is 11.8 Å². The zero-order valence-corrected chi connectivity index (χ0v) is 16.6. The molecule has 0 spiro atoms. The molecule has 2 aromatic rings. The van der Waals surface area contributed by atoms with E-state index in [9.17, 15) is 9.90 Å². The monoisotopic (exact) mass is 378 g/mol. The highest BCUT2D eigenvalue weighted by atomic mass is 16.3. The van der Waals surface area contributed by atoms with E-state index in [1.54, 1.807) is 0 Å². The Hall–Kier alpha value is -2.17. The van der Waals surface area contributed by atoms with Crippen molar-refractivity contribution in [3.63, 3.8) is 0 Å². The van der Waals surface area contributed by atoms with Crippen molar-refractivity contribution in [2.75, 3.05) is 33.2 Å². The summed E-state index contributed by atoms with van der Waals surface area (Å²) in [6.07, 6.45) is 2.59. The van der Waals surface area contributed by atoms with Crippen molar-refractivity contribution in [2.45, 2.75) is 24.9 Å². The standard InChI is InChI=1S/C24H30N2O2/c1-25-15-12-19(18-25)23(27)26-16-13-22(14-17-26)24(28,20-8-4-2-5-9-20)21-10-6-3-7-11-21/h2-11,19,22,28H,12-18H2,1H3/t19-/m0/s1. The van der Waals surface area contributed by atoms with E-state index < -0.39 is 5.60 Å². The normalized spacial score (nSPS) is 21.8. The third-order valence-corrected chi connectivity index (χ3v) is 6.57. The molecule has 2 aliphatic heterocycles. The van der Waals surface area contributed by atoms with Crippen LogP contribution in [0.5, 0.6) is 0 Å². The summed E-state index contributed by atoms with van der Waals surface area (Å²) in [4.78, 5) is 17.1. The maximum atomic E-state index is 12.9. The van der Waals surface area contributed by atoms with Gasteiger partial charge in [0.05, 0.1) is 5.92 Å². The van der Waals surface area contributed by atoms with Gasteiger partial charge in [0, 0.05) is 19.6 Å². The number of hydrogen-bond acceptors (Lipinski definition) is 3. The maximum absolute atomic E-state index is 12.9. The molecule has 148 valence electrons. The number of hydrogen-bond donors (Lipinski definition) is 1. The molecule has 2 aliphatic rings. The summed E-state index contributed by atoms with van der Waals surface area (Å²) in [5.74, 6) is 0.530. The molecule has 1 atom stereocenters. The predicted molar refractivity (Wildman–Crippen MR) is 111 cm³/mol. The van der Waals surface area contributed by atoms with Crippen molar-refractivity contribution >= 4 is 5.91 Å². The first-order chi connectivity index (χ1) is 13.6. The van der Waals surface area contributed by atoms with E-state index in [0.29, 0.717) is 5.91 Å². The van der Waals surface area contributed by atoms with Gasteiger partial charge in [0.25, 0.3) is 0 Å². The van der Waals surface area contributed by atoms with Gasteiger partial charge in [-0.3, -0.25) is 4.79 Å². The first kappa shape index (κ1) is 19.2. The van der Waals surface area contributed by atoms with Crippen LogP contribution in [0.25, 0.3) is 0 Å². The van der Waals surface area contributed by atoms with E-state index in [4.69, 9.17) is 0 Å². The van der Waals surface area contributed by atoms with Gasteiger partial charge in [-0.2, -0.15) is 0 Å². The van der Waals surface area contributed by atoms with Crippen molar-refractivity contribution in [3.8, 4) is 0 Å². The number of carbonyl (C=O) groups is 1. The molecule has 0 radical (unpaired) electrons. The lowest BCUT2D eigenvalue weighted by atomic mass is 9.72. The average Bonchev–Trinajstić information content (AvgIpc) is 3.20. The molecule has 0 unspecified atom stereocenters. The van der Waals surface area contributed by atoms with Crippen LogP contribution < -0.4 is 0 Å². The molecule has 4 heteroatoms. The smallest absolute Gasteiger partial charge is 0.227 e. The van der Waals surface area contributed by atoms with Gasteiger partial charge in [-0.15, -0.1) is 0 Å². The minimum Gasteiger partial charge on any atom is -0.380 e. The highest BCUT2D eigenvalue weighted by Gasteiger charge is 2.42. The van der Waals surface area contributed by atoms with Crippen molar-refractivity contribution in [1.29, 1.82) is 0 Å². The molecule has 0 saturated carbocycles. The Morgan fingerprint density at radius 2 is 1.43 bits per heavy atom. The van der Waals surface area contributed by atoms with Crippen LogP contribution in [0.15, 0.2) is 60.7 Å². The van der Waals surface area contributed by atoms with E-state index in [2.05, 4.69) is 11.9 Å². The molecule has 2 heterocycles. The molecular formula is C24H30N2O2. The number of nitrogens with zero attached hydrogens (tertiary/aromatic N) is 2. The Labute approximate surface area is 167 Å². The Morgan fingerprint density at radius 1 is 0.893 bits per heavy atom. The summed E-state index contributed by atoms with van der Waals surface area (Å²) in [7, 11) is 2.08. The molecule has 2 aromatic carbocycles. The number of carbonyl (C=O) groups excluding carboxylic acids is 1. The van der Waals surface area contributed by atoms with Crippen molar-refractivity contribution in [3.05, 3.63) is 71.8 Å². The lowest BCUT2D eigenvalue weighted by Crippen LogP contribution is -2.47. The fraction of sp³-hybridized carbons (Fsp3) is 0.458. The summed E-state index contributed by atoms with van der Waals surface area (Å²) in [6, 6.07) is 20.0. The number of benzene rings is 2. The van der Waals surface area contributed by atoms with Gasteiger partial charge in [0.1, 0.15) is 5.60 Å². The molecule has 0 aromatic heterocycles. The number of rotatable bonds is 4. The number of likely N-dealkylation sites (tertiary alicyclic amines) is 2. The van der Waals surface area contributed by atoms with E-state index in [0.717, 1.165) is 56.6 Å². The lowest BCUT2D eigenvalue weighted by molar-refractivity contribution is -0.138. The number of amides is 1. The van der Waals surface area contributed by atoms with Crippen LogP contribution in [0, 0.1) is 11.8 Å². The summed E-state index contributed by atoms with van der Waals surface area (Å²) in [6.45, 7) is 3.34. The van der Waals surface area contributed by atoms with E-state index in [1.807, 2.05) is 65.6 Å². The minimum absolute atomic E-state index is 0.0904. The molecule has 28 heavy (non-hydrogen) atoms. The van der Waals surface area contributed by atoms with Crippen molar-refractivity contribution in [2.24, 2.45) is 11.8 Å². The molecule has 1 N–H and O–H groups in total. The topological polar surface area (TPSA) is 43.8 Å². The predicted octanol–water partition coefficient (Wildman–Crippen LogP) is 3.11. The Morgan fingerprint density at radius 3 is 1.89 bits per heavy atom. The Kier molecular flexibility index (Phi) is 5.51. The Balaban J connectivity index is 1.53. The number of aliphatic hydroxyl groups is 1. The van der Waals surface area contributed by atoms with Crippen LogP contribution in [-0.4, -0.2) is 54.0 Å². The van der Waals surface area contributed by atoms with Gasteiger partial charge in [0.15, 0.2) is 0 Å². The lowest BCUT2D eigenvalue weighted by Gasteiger charge is -2.42. The van der Waals surface area contributed by atoms with Gasteiger partial charge < -0.3 is 14.9 Å². The van der Waals surface area contributed by atoms with Crippen LogP contribution >= 0.6 is 0 Å². The van der Waals surface area contributed by atoms with Gasteiger partial charge in [-0.25, -0.2) is 0 Å². The zero-order chi connectivity index (χ0) is 19.6. The second-order valence-electron chi connectivity index (χ2n) is 8.35. The first-order valence-electron chi connectivity index (χ1n) is 10.4. The summed E-state index contributed by atoms with van der Waals surface area (Å²) in [5, 5.41) is 11.9. The van der Waals surface area contributed by atoms with E-state index >= 15 is 0 Å². The Bertz CT molecular complexity index is 745.